The third-order valence-electron chi connectivity index (χ3n) is 2.38. The van der Waals surface area contributed by atoms with Crippen molar-refractivity contribution in [1.82, 2.24) is 5.43 Å². The third kappa shape index (κ3) is 4.12. The van der Waals surface area contributed by atoms with Gasteiger partial charge in [0, 0.05) is 12.3 Å². The summed E-state index contributed by atoms with van der Waals surface area (Å²) in [6.07, 6.45) is -0.175. The summed E-state index contributed by atoms with van der Waals surface area (Å²) in [5.41, 5.74) is 2.64. The highest BCUT2D eigenvalue weighted by molar-refractivity contribution is 5.77. The highest BCUT2D eigenvalue weighted by Crippen LogP contribution is 2.25. The van der Waals surface area contributed by atoms with Crippen LogP contribution in [0.2, 0.25) is 0 Å². The average Bonchev–Trinajstić information content (AvgIpc) is 2.28. The number of benzene rings is 1. The second-order valence-corrected chi connectivity index (χ2v) is 3.66. The van der Waals surface area contributed by atoms with Crippen LogP contribution in [0.25, 0.3) is 0 Å². The second kappa shape index (κ2) is 5.86. The number of carbonyl (C=O) groups excluding carboxylic acids is 1. The number of nitrogens with one attached hydrogen (secondary N) is 1. The number of aromatic hydroxyl groups is 1. The highest BCUT2D eigenvalue weighted by Gasteiger charge is 2.18. The molecule has 0 aliphatic rings. The molecule has 0 aromatic heterocycles. The van der Waals surface area contributed by atoms with Gasteiger partial charge in [0.1, 0.15) is 5.75 Å². The van der Waals surface area contributed by atoms with E-state index >= 15 is 0 Å². The van der Waals surface area contributed by atoms with Crippen molar-refractivity contribution >= 4 is 11.9 Å². The first-order valence-corrected chi connectivity index (χ1v) is 5.03. The van der Waals surface area contributed by atoms with E-state index in [0.29, 0.717) is 5.56 Å². The van der Waals surface area contributed by atoms with E-state index in [1.54, 1.807) is 12.1 Å². The highest BCUT2D eigenvalue weighted by atomic mass is 16.4. The number of phenols is 1. The molecule has 6 nitrogen and oxygen atoms in total. The topological polar surface area (TPSA) is 113 Å². The molecule has 6 heteroatoms. The van der Waals surface area contributed by atoms with Gasteiger partial charge < -0.3 is 10.2 Å². The molecule has 1 aromatic carbocycles. The van der Waals surface area contributed by atoms with Gasteiger partial charge in [-0.3, -0.25) is 15.0 Å². The van der Waals surface area contributed by atoms with Crippen molar-refractivity contribution in [1.29, 1.82) is 0 Å². The molecule has 0 radical (unpaired) electrons. The standard InChI is InChI=1S/C11H14N2O4/c12-13-10(15)5-8(6-11(16)17)7-1-3-9(14)4-2-7/h1-4,8,14H,5-6,12H2,(H,13,15)(H,16,17). The summed E-state index contributed by atoms with van der Waals surface area (Å²) in [6.45, 7) is 0. The average molecular weight is 238 g/mol. The predicted octanol–water partition coefficient (Wildman–Crippen LogP) is 0.330. The molecule has 0 heterocycles. The minimum Gasteiger partial charge on any atom is -0.508 e. The van der Waals surface area contributed by atoms with E-state index in [1.165, 1.54) is 12.1 Å². The van der Waals surface area contributed by atoms with E-state index in [0.717, 1.165) is 0 Å². The molecule has 1 amide bonds. The normalized spacial score (nSPS) is 11.8. The van der Waals surface area contributed by atoms with Crippen molar-refractivity contribution in [3.8, 4) is 5.75 Å². The molecule has 17 heavy (non-hydrogen) atoms. The summed E-state index contributed by atoms with van der Waals surface area (Å²) in [6, 6.07) is 6.08. The molecular weight excluding hydrogens is 224 g/mol. The van der Waals surface area contributed by atoms with Crippen molar-refractivity contribution in [2.45, 2.75) is 18.8 Å². The van der Waals surface area contributed by atoms with Crippen LogP contribution >= 0.6 is 0 Å². The van der Waals surface area contributed by atoms with Crippen LogP contribution in [0.1, 0.15) is 24.3 Å². The van der Waals surface area contributed by atoms with Gasteiger partial charge in [-0.1, -0.05) is 12.1 Å². The molecule has 0 aliphatic heterocycles. The Bertz CT molecular complexity index is 402. The molecule has 92 valence electrons. The first kappa shape index (κ1) is 13.0. The predicted molar refractivity (Wildman–Crippen MR) is 60.0 cm³/mol. The summed E-state index contributed by atoms with van der Waals surface area (Å²) < 4.78 is 0. The van der Waals surface area contributed by atoms with Crippen molar-refractivity contribution in [3.05, 3.63) is 29.8 Å². The van der Waals surface area contributed by atoms with Crippen LogP contribution in [0.5, 0.6) is 5.75 Å². The van der Waals surface area contributed by atoms with E-state index in [2.05, 4.69) is 0 Å². The third-order valence-corrected chi connectivity index (χ3v) is 2.38. The Labute approximate surface area is 98.0 Å². The zero-order valence-electron chi connectivity index (χ0n) is 9.09. The summed E-state index contributed by atoms with van der Waals surface area (Å²) in [7, 11) is 0. The van der Waals surface area contributed by atoms with Crippen LogP contribution in [0.4, 0.5) is 0 Å². The zero-order chi connectivity index (χ0) is 12.8. The number of aliphatic carboxylic acids is 1. The van der Waals surface area contributed by atoms with Crippen LogP contribution < -0.4 is 11.3 Å². The molecule has 0 aliphatic carbocycles. The molecule has 1 rings (SSSR count). The van der Waals surface area contributed by atoms with Crippen molar-refractivity contribution in [2.75, 3.05) is 0 Å². The van der Waals surface area contributed by atoms with Crippen LogP contribution in [0.15, 0.2) is 24.3 Å². The van der Waals surface area contributed by atoms with Gasteiger partial charge in [0.15, 0.2) is 0 Å². The maximum atomic E-state index is 11.2. The van der Waals surface area contributed by atoms with E-state index in [9.17, 15) is 9.59 Å². The first-order valence-electron chi connectivity index (χ1n) is 5.03. The van der Waals surface area contributed by atoms with Gasteiger partial charge in [-0.2, -0.15) is 0 Å². The van der Waals surface area contributed by atoms with Gasteiger partial charge >= 0.3 is 5.97 Å². The lowest BCUT2D eigenvalue weighted by Gasteiger charge is -2.14. The van der Waals surface area contributed by atoms with E-state index < -0.39 is 17.8 Å². The number of carboxylic acid groups (broad SMARTS) is 1. The molecule has 0 spiro atoms. The summed E-state index contributed by atoms with van der Waals surface area (Å²) >= 11 is 0. The van der Waals surface area contributed by atoms with Crippen LogP contribution in [-0.2, 0) is 9.59 Å². The minimum atomic E-state index is -0.993. The Balaban J connectivity index is 2.85. The van der Waals surface area contributed by atoms with Gasteiger partial charge in [0.25, 0.3) is 0 Å². The molecule has 0 fully saturated rings. The number of phenolic OH excluding ortho intramolecular Hbond substituents is 1. The van der Waals surface area contributed by atoms with E-state index in [-0.39, 0.29) is 18.6 Å². The number of rotatable bonds is 5. The summed E-state index contributed by atoms with van der Waals surface area (Å²) in [5, 5.41) is 17.9. The van der Waals surface area contributed by atoms with Crippen molar-refractivity contribution in [3.63, 3.8) is 0 Å². The number of nitrogens with two attached hydrogens (primary N) is 1. The van der Waals surface area contributed by atoms with Crippen LogP contribution in [-0.4, -0.2) is 22.1 Å². The number of hydrogen-bond donors (Lipinski definition) is 4. The van der Waals surface area contributed by atoms with Crippen LogP contribution in [0.3, 0.4) is 0 Å². The van der Waals surface area contributed by atoms with Gasteiger partial charge in [-0.25, -0.2) is 5.84 Å². The fraction of sp³-hybridized carbons (Fsp3) is 0.273. The van der Waals surface area contributed by atoms with Gasteiger partial charge in [-0.15, -0.1) is 0 Å². The maximum Gasteiger partial charge on any atom is 0.303 e. The van der Waals surface area contributed by atoms with E-state index in [4.69, 9.17) is 16.1 Å². The van der Waals surface area contributed by atoms with Gasteiger partial charge in [0.05, 0.1) is 6.42 Å². The SMILES string of the molecule is NNC(=O)CC(CC(=O)O)c1ccc(O)cc1. The Morgan fingerprint density at radius 2 is 1.82 bits per heavy atom. The molecular formula is C11H14N2O4. The molecule has 1 atom stereocenters. The fourth-order valence-corrected chi connectivity index (χ4v) is 1.55. The minimum absolute atomic E-state index is 0.00637. The quantitative estimate of drug-likeness (QED) is 0.335. The molecule has 5 N–H and O–H groups in total. The second-order valence-electron chi connectivity index (χ2n) is 3.66. The maximum absolute atomic E-state index is 11.2. The first-order chi connectivity index (χ1) is 8.02. The number of carboxylic acids is 1. The monoisotopic (exact) mass is 238 g/mol. The van der Waals surface area contributed by atoms with Crippen molar-refractivity contribution in [2.24, 2.45) is 5.84 Å². The summed E-state index contributed by atoms with van der Waals surface area (Å²) in [5.74, 6) is 3.17. The van der Waals surface area contributed by atoms with Crippen molar-refractivity contribution < 1.29 is 19.8 Å². The Kier molecular flexibility index (Phi) is 4.47. The largest absolute Gasteiger partial charge is 0.508 e. The van der Waals surface area contributed by atoms with Gasteiger partial charge in [-0.05, 0) is 17.7 Å². The molecule has 1 unspecified atom stereocenters. The lowest BCUT2D eigenvalue weighted by molar-refractivity contribution is -0.137. The molecule has 1 aromatic rings. The summed E-state index contributed by atoms with van der Waals surface area (Å²) in [4.78, 5) is 21.9. The lowest BCUT2D eigenvalue weighted by Crippen LogP contribution is -2.31. The number of carbonyl (C=O) groups is 2. The fourth-order valence-electron chi connectivity index (χ4n) is 1.55. The Morgan fingerprint density at radius 3 is 2.29 bits per heavy atom. The zero-order valence-corrected chi connectivity index (χ0v) is 9.09. The lowest BCUT2D eigenvalue weighted by atomic mass is 9.92. The number of amides is 1. The smallest absolute Gasteiger partial charge is 0.303 e. The van der Waals surface area contributed by atoms with Crippen LogP contribution in [0, 0.1) is 0 Å². The molecule has 0 bridgehead atoms. The molecule has 0 saturated carbocycles. The Morgan fingerprint density at radius 1 is 1.24 bits per heavy atom. The number of hydrazine groups is 1. The molecule has 0 saturated heterocycles. The Hall–Kier alpha value is -2.08. The van der Waals surface area contributed by atoms with Gasteiger partial charge in [0.2, 0.25) is 5.91 Å². The number of hydrogen-bond acceptors (Lipinski definition) is 4. The van der Waals surface area contributed by atoms with E-state index in [1.807, 2.05) is 5.43 Å².